The zero-order valence-electron chi connectivity index (χ0n) is 11.6. The van der Waals surface area contributed by atoms with Crippen molar-refractivity contribution in [2.24, 2.45) is 0 Å². The lowest BCUT2D eigenvalue weighted by Gasteiger charge is -2.17. The second-order valence-electron chi connectivity index (χ2n) is 4.59. The van der Waals surface area contributed by atoms with E-state index >= 15 is 0 Å². The molecule has 1 aromatic heterocycles. The standard InChI is InChI=1S/C15H16ClFN2O/c1-9-4-15(13(6-14(9)17)10(2)18-3)20-12-5-11(16)7-19-8-12/h4-8,10,18H,1-3H3. The van der Waals surface area contributed by atoms with Gasteiger partial charge in [0.2, 0.25) is 0 Å². The Hall–Kier alpha value is -1.65. The zero-order valence-corrected chi connectivity index (χ0v) is 12.3. The fourth-order valence-electron chi connectivity index (χ4n) is 1.83. The minimum Gasteiger partial charge on any atom is -0.455 e. The van der Waals surface area contributed by atoms with Crippen LogP contribution in [0.15, 0.2) is 30.6 Å². The number of halogens is 2. The van der Waals surface area contributed by atoms with Crippen LogP contribution in [0.2, 0.25) is 5.02 Å². The van der Waals surface area contributed by atoms with Crippen LogP contribution in [0.25, 0.3) is 0 Å². The quantitative estimate of drug-likeness (QED) is 0.915. The van der Waals surface area contributed by atoms with Gasteiger partial charge in [0.05, 0.1) is 11.2 Å². The first-order valence-electron chi connectivity index (χ1n) is 6.27. The van der Waals surface area contributed by atoms with E-state index in [1.807, 2.05) is 14.0 Å². The summed E-state index contributed by atoms with van der Waals surface area (Å²) in [5, 5.41) is 3.57. The summed E-state index contributed by atoms with van der Waals surface area (Å²) in [6, 6.07) is 4.80. The molecule has 1 unspecified atom stereocenters. The molecule has 0 saturated heterocycles. The second kappa shape index (κ2) is 6.20. The van der Waals surface area contributed by atoms with Gasteiger partial charge in [-0.2, -0.15) is 0 Å². The number of aromatic nitrogens is 1. The van der Waals surface area contributed by atoms with Gasteiger partial charge in [-0.05, 0) is 38.6 Å². The van der Waals surface area contributed by atoms with Gasteiger partial charge in [0.25, 0.3) is 0 Å². The Labute approximate surface area is 122 Å². The molecule has 2 aromatic rings. The van der Waals surface area contributed by atoms with Gasteiger partial charge < -0.3 is 10.1 Å². The Morgan fingerprint density at radius 2 is 2.05 bits per heavy atom. The Morgan fingerprint density at radius 3 is 2.70 bits per heavy atom. The molecule has 0 spiro atoms. The van der Waals surface area contributed by atoms with Crippen molar-refractivity contribution < 1.29 is 9.13 Å². The number of pyridine rings is 1. The lowest BCUT2D eigenvalue weighted by atomic mass is 10.0. The summed E-state index contributed by atoms with van der Waals surface area (Å²) in [5.41, 5.74) is 1.28. The van der Waals surface area contributed by atoms with Gasteiger partial charge in [-0.1, -0.05) is 11.6 Å². The number of hydrogen-bond acceptors (Lipinski definition) is 3. The van der Waals surface area contributed by atoms with E-state index in [9.17, 15) is 4.39 Å². The van der Waals surface area contributed by atoms with E-state index in [0.717, 1.165) is 5.56 Å². The third-order valence-corrected chi connectivity index (χ3v) is 3.30. The van der Waals surface area contributed by atoms with Gasteiger partial charge in [-0.25, -0.2) is 4.39 Å². The number of rotatable bonds is 4. The molecule has 106 valence electrons. The van der Waals surface area contributed by atoms with Crippen LogP contribution in [0.1, 0.15) is 24.1 Å². The van der Waals surface area contributed by atoms with Crippen molar-refractivity contribution in [3.05, 3.63) is 52.6 Å². The van der Waals surface area contributed by atoms with Crippen LogP contribution >= 0.6 is 11.6 Å². The van der Waals surface area contributed by atoms with Crippen molar-refractivity contribution in [1.29, 1.82) is 0 Å². The van der Waals surface area contributed by atoms with Gasteiger partial charge in [-0.3, -0.25) is 4.98 Å². The molecule has 0 amide bonds. The molecular weight excluding hydrogens is 279 g/mol. The first kappa shape index (κ1) is 14.8. The number of ether oxygens (including phenoxy) is 1. The van der Waals surface area contributed by atoms with Crippen molar-refractivity contribution in [2.45, 2.75) is 19.9 Å². The first-order valence-corrected chi connectivity index (χ1v) is 6.64. The fraction of sp³-hybridized carbons (Fsp3) is 0.267. The van der Waals surface area contributed by atoms with Crippen LogP contribution in [-0.2, 0) is 0 Å². The maximum absolute atomic E-state index is 13.7. The van der Waals surface area contributed by atoms with Crippen molar-refractivity contribution >= 4 is 11.6 Å². The molecule has 0 fully saturated rings. The van der Waals surface area contributed by atoms with E-state index in [4.69, 9.17) is 16.3 Å². The molecule has 20 heavy (non-hydrogen) atoms. The largest absolute Gasteiger partial charge is 0.455 e. The molecule has 0 bridgehead atoms. The molecule has 1 heterocycles. The second-order valence-corrected chi connectivity index (χ2v) is 5.03. The maximum Gasteiger partial charge on any atom is 0.147 e. The molecule has 1 atom stereocenters. The van der Waals surface area contributed by atoms with E-state index in [1.165, 1.54) is 12.3 Å². The minimum absolute atomic E-state index is 0.0350. The molecule has 1 N–H and O–H groups in total. The fourth-order valence-corrected chi connectivity index (χ4v) is 1.99. The SMILES string of the molecule is CNC(C)c1cc(F)c(C)cc1Oc1cncc(Cl)c1. The minimum atomic E-state index is -0.251. The number of nitrogens with zero attached hydrogens (tertiary/aromatic N) is 1. The van der Waals surface area contributed by atoms with Gasteiger partial charge in [0, 0.05) is 23.9 Å². The third kappa shape index (κ3) is 3.26. The van der Waals surface area contributed by atoms with Gasteiger partial charge in [-0.15, -0.1) is 0 Å². The third-order valence-electron chi connectivity index (χ3n) is 3.10. The highest BCUT2D eigenvalue weighted by atomic mass is 35.5. The average Bonchev–Trinajstić information content (AvgIpc) is 2.42. The normalized spacial score (nSPS) is 12.2. The predicted molar refractivity (Wildman–Crippen MR) is 77.9 cm³/mol. The van der Waals surface area contributed by atoms with Crippen LogP contribution in [-0.4, -0.2) is 12.0 Å². The van der Waals surface area contributed by atoms with E-state index in [-0.39, 0.29) is 11.9 Å². The highest BCUT2D eigenvalue weighted by Gasteiger charge is 2.14. The molecule has 0 aliphatic heterocycles. The van der Waals surface area contributed by atoms with Gasteiger partial charge in [0.1, 0.15) is 17.3 Å². The van der Waals surface area contributed by atoms with E-state index in [0.29, 0.717) is 22.1 Å². The van der Waals surface area contributed by atoms with Gasteiger partial charge in [0.15, 0.2) is 0 Å². The van der Waals surface area contributed by atoms with E-state index < -0.39 is 0 Å². The summed E-state index contributed by atoms with van der Waals surface area (Å²) in [4.78, 5) is 3.97. The summed E-state index contributed by atoms with van der Waals surface area (Å²) in [6.45, 7) is 3.64. The van der Waals surface area contributed by atoms with E-state index in [2.05, 4.69) is 10.3 Å². The van der Waals surface area contributed by atoms with Crippen LogP contribution < -0.4 is 10.1 Å². The first-order chi connectivity index (χ1) is 9.51. The van der Waals surface area contributed by atoms with Gasteiger partial charge >= 0.3 is 0 Å². The number of hydrogen-bond donors (Lipinski definition) is 1. The number of benzene rings is 1. The molecule has 0 saturated carbocycles. The zero-order chi connectivity index (χ0) is 14.7. The molecule has 3 nitrogen and oxygen atoms in total. The van der Waals surface area contributed by atoms with Crippen LogP contribution in [0, 0.1) is 12.7 Å². The Bertz CT molecular complexity index is 619. The molecular formula is C15H16ClFN2O. The average molecular weight is 295 g/mol. The molecule has 5 heteroatoms. The molecule has 0 radical (unpaired) electrons. The lowest BCUT2D eigenvalue weighted by Crippen LogP contribution is -2.13. The van der Waals surface area contributed by atoms with E-state index in [1.54, 1.807) is 25.3 Å². The summed E-state index contributed by atoms with van der Waals surface area (Å²) in [5.74, 6) is 0.863. The highest BCUT2D eigenvalue weighted by molar-refractivity contribution is 6.30. The Morgan fingerprint density at radius 1 is 1.30 bits per heavy atom. The smallest absolute Gasteiger partial charge is 0.147 e. The van der Waals surface area contributed by atoms with Crippen molar-refractivity contribution in [1.82, 2.24) is 10.3 Å². The number of nitrogens with one attached hydrogen (secondary N) is 1. The van der Waals surface area contributed by atoms with Crippen molar-refractivity contribution in [2.75, 3.05) is 7.05 Å². The van der Waals surface area contributed by atoms with Crippen LogP contribution in [0.4, 0.5) is 4.39 Å². The van der Waals surface area contributed by atoms with Crippen molar-refractivity contribution in [3.8, 4) is 11.5 Å². The summed E-state index contributed by atoms with van der Waals surface area (Å²) in [6.07, 6.45) is 3.10. The molecule has 1 aromatic carbocycles. The van der Waals surface area contributed by atoms with Crippen LogP contribution in [0.3, 0.4) is 0 Å². The summed E-state index contributed by atoms with van der Waals surface area (Å²) >= 11 is 5.88. The number of aryl methyl sites for hydroxylation is 1. The summed E-state index contributed by atoms with van der Waals surface area (Å²) < 4.78 is 19.5. The van der Waals surface area contributed by atoms with Crippen LogP contribution in [0.5, 0.6) is 11.5 Å². The lowest BCUT2D eigenvalue weighted by molar-refractivity contribution is 0.460. The molecule has 0 aliphatic carbocycles. The Kier molecular flexibility index (Phi) is 4.57. The molecule has 2 rings (SSSR count). The maximum atomic E-state index is 13.7. The highest BCUT2D eigenvalue weighted by Crippen LogP contribution is 2.32. The monoisotopic (exact) mass is 294 g/mol. The topological polar surface area (TPSA) is 34.1 Å². The predicted octanol–water partition coefficient (Wildman–Crippen LogP) is 4.26. The summed E-state index contributed by atoms with van der Waals surface area (Å²) in [7, 11) is 1.81. The van der Waals surface area contributed by atoms with Crippen molar-refractivity contribution in [3.63, 3.8) is 0 Å². The molecule has 0 aliphatic rings. The Balaban J connectivity index is 2.41.